The first-order chi connectivity index (χ1) is 10.1. The number of rotatable bonds is 6. The van der Waals surface area contributed by atoms with Crippen molar-refractivity contribution in [1.82, 2.24) is 14.9 Å². The minimum absolute atomic E-state index is 0.353. The molecule has 0 spiro atoms. The lowest BCUT2D eigenvalue weighted by Crippen LogP contribution is -2.35. The summed E-state index contributed by atoms with van der Waals surface area (Å²) in [6.07, 6.45) is 4.10. The lowest BCUT2D eigenvalue weighted by Gasteiger charge is -2.23. The first kappa shape index (κ1) is 15.7. The third kappa shape index (κ3) is 4.14. The Morgan fingerprint density at radius 1 is 1.48 bits per heavy atom. The molecule has 0 bridgehead atoms. The maximum absolute atomic E-state index is 11.7. The number of anilines is 1. The highest BCUT2D eigenvalue weighted by atomic mass is 16.5. The molecule has 6 nitrogen and oxygen atoms in total. The fourth-order valence-electron chi connectivity index (χ4n) is 2.51. The van der Waals surface area contributed by atoms with Crippen molar-refractivity contribution in [1.29, 1.82) is 0 Å². The van der Waals surface area contributed by atoms with Gasteiger partial charge in [-0.2, -0.15) is 0 Å². The van der Waals surface area contributed by atoms with Gasteiger partial charge >= 0.3 is 5.97 Å². The van der Waals surface area contributed by atoms with Crippen LogP contribution < -0.4 is 5.32 Å². The van der Waals surface area contributed by atoms with E-state index in [1.807, 2.05) is 0 Å². The minimum atomic E-state index is -0.369. The predicted molar refractivity (Wildman–Crippen MR) is 81.5 cm³/mol. The number of carbonyl (C=O) groups excluding carboxylic acids is 1. The zero-order valence-corrected chi connectivity index (χ0v) is 13.1. The predicted octanol–water partition coefficient (Wildman–Crippen LogP) is 1.86. The molecule has 116 valence electrons. The number of nitrogens with zero attached hydrogens (tertiary/aromatic N) is 3. The molecule has 1 fully saturated rings. The standard InChI is InChI=1S/C15H24N4O2/c1-4-21-14(20)13-10-17-15(18-12(13)3)16-9-11(2)19-7-5-6-8-19/h10-11H,4-9H2,1-3H3,(H,16,17,18). The zero-order chi connectivity index (χ0) is 15.2. The van der Waals surface area contributed by atoms with Crippen LogP contribution in [0.3, 0.4) is 0 Å². The van der Waals surface area contributed by atoms with Gasteiger partial charge in [-0.05, 0) is 46.7 Å². The molecule has 1 aliphatic rings. The number of aromatic nitrogens is 2. The highest BCUT2D eigenvalue weighted by Crippen LogP contribution is 2.13. The van der Waals surface area contributed by atoms with E-state index >= 15 is 0 Å². The van der Waals surface area contributed by atoms with Gasteiger partial charge in [-0.1, -0.05) is 0 Å². The summed E-state index contributed by atoms with van der Waals surface area (Å²) in [5, 5.41) is 3.24. The van der Waals surface area contributed by atoms with Crippen molar-refractivity contribution in [2.75, 3.05) is 31.6 Å². The summed E-state index contributed by atoms with van der Waals surface area (Å²) >= 11 is 0. The first-order valence-corrected chi connectivity index (χ1v) is 7.60. The minimum Gasteiger partial charge on any atom is -0.462 e. The van der Waals surface area contributed by atoms with Crippen LogP contribution in [-0.2, 0) is 4.74 Å². The molecule has 0 aromatic carbocycles. The van der Waals surface area contributed by atoms with Crippen LogP contribution in [0.2, 0.25) is 0 Å². The number of nitrogens with one attached hydrogen (secondary N) is 1. The van der Waals surface area contributed by atoms with Crippen LogP contribution in [0.25, 0.3) is 0 Å². The first-order valence-electron chi connectivity index (χ1n) is 7.60. The summed E-state index contributed by atoms with van der Waals surface area (Å²) in [5.74, 6) is 0.193. The van der Waals surface area contributed by atoms with Gasteiger partial charge in [-0.3, -0.25) is 4.90 Å². The van der Waals surface area contributed by atoms with E-state index < -0.39 is 0 Å². The van der Waals surface area contributed by atoms with Gasteiger partial charge in [0.2, 0.25) is 5.95 Å². The van der Waals surface area contributed by atoms with Crippen molar-refractivity contribution in [3.05, 3.63) is 17.5 Å². The molecule has 1 unspecified atom stereocenters. The lowest BCUT2D eigenvalue weighted by atomic mass is 10.2. The Kier molecular flexibility index (Phi) is 5.50. The molecular weight excluding hydrogens is 268 g/mol. The maximum Gasteiger partial charge on any atom is 0.341 e. The monoisotopic (exact) mass is 292 g/mol. The molecule has 2 rings (SSSR count). The van der Waals surface area contributed by atoms with Gasteiger partial charge < -0.3 is 10.1 Å². The van der Waals surface area contributed by atoms with E-state index in [0.717, 1.165) is 6.54 Å². The summed E-state index contributed by atoms with van der Waals surface area (Å²) in [6.45, 7) is 9.28. The molecule has 0 radical (unpaired) electrons. The third-order valence-corrected chi connectivity index (χ3v) is 3.79. The fraction of sp³-hybridized carbons (Fsp3) is 0.667. The van der Waals surface area contributed by atoms with Crippen LogP contribution in [0.4, 0.5) is 5.95 Å². The molecule has 1 saturated heterocycles. The molecule has 0 amide bonds. The van der Waals surface area contributed by atoms with Crippen molar-refractivity contribution >= 4 is 11.9 Å². The molecule has 2 heterocycles. The van der Waals surface area contributed by atoms with Gasteiger partial charge in [0.05, 0.1) is 17.9 Å². The van der Waals surface area contributed by atoms with Crippen LogP contribution in [0.5, 0.6) is 0 Å². The highest BCUT2D eigenvalue weighted by Gasteiger charge is 2.18. The van der Waals surface area contributed by atoms with Crippen molar-refractivity contribution in [2.45, 2.75) is 39.7 Å². The number of esters is 1. The largest absolute Gasteiger partial charge is 0.462 e. The van der Waals surface area contributed by atoms with Gasteiger partial charge in [0.1, 0.15) is 0 Å². The Labute approximate surface area is 125 Å². The topological polar surface area (TPSA) is 67.3 Å². The summed E-state index contributed by atoms with van der Waals surface area (Å²) < 4.78 is 4.97. The van der Waals surface area contributed by atoms with Crippen molar-refractivity contribution in [2.24, 2.45) is 0 Å². The highest BCUT2D eigenvalue weighted by molar-refractivity contribution is 5.90. The van der Waals surface area contributed by atoms with E-state index in [2.05, 4.69) is 27.1 Å². The van der Waals surface area contributed by atoms with Gasteiger partial charge in [0, 0.05) is 18.8 Å². The number of aryl methyl sites for hydroxylation is 1. The van der Waals surface area contributed by atoms with Crippen molar-refractivity contribution < 1.29 is 9.53 Å². The summed E-state index contributed by atoms with van der Waals surface area (Å²) in [6, 6.07) is 0.459. The molecule has 1 aromatic heterocycles. The SMILES string of the molecule is CCOC(=O)c1cnc(NCC(C)N2CCCC2)nc1C. The Morgan fingerprint density at radius 3 is 2.81 bits per heavy atom. The Morgan fingerprint density at radius 2 is 2.19 bits per heavy atom. The Balaban J connectivity index is 1.92. The second-order valence-electron chi connectivity index (χ2n) is 5.39. The van der Waals surface area contributed by atoms with Crippen LogP contribution in [0.1, 0.15) is 42.7 Å². The molecule has 1 atom stereocenters. The van der Waals surface area contributed by atoms with E-state index in [1.54, 1.807) is 13.8 Å². The molecule has 6 heteroatoms. The summed E-state index contributed by atoms with van der Waals surface area (Å²) in [7, 11) is 0. The van der Waals surface area contributed by atoms with E-state index in [9.17, 15) is 4.79 Å². The number of hydrogen-bond donors (Lipinski definition) is 1. The van der Waals surface area contributed by atoms with E-state index in [1.165, 1.54) is 32.1 Å². The van der Waals surface area contributed by atoms with Crippen LogP contribution >= 0.6 is 0 Å². The van der Waals surface area contributed by atoms with Gasteiger partial charge in [0.15, 0.2) is 0 Å². The van der Waals surface area contributed by atoms with E-state index in [0.29, 0.717) is 29.9 Å². The Bertz CT molecular complexity index is 487. The number of carbonyl (C=O) groups is 1. The molecular formula is C15H24N4O2. The van der Waals surface area contributed by atoms with Gasteiger partial charge in [-0.25, -0.2) is 14.8 Å². The summed E-state index contributed by atoms with van der Waals surface area (Å²) in [5.41, 5.74) is 1.06. The van der Waals surface area contributed by atoms with E-state index in [4.69, 9.17) is 4.74 Å². The van der Waals surface area contributed by atoms with Crippen molar-refractivity contribution in [3.63, 3.8) is 0 Å². The smallest absolute Gasteiger partial charge is 0.341 e. The average molecular weight is 292 g/mol. The Hall–Kier alpha value is -1.69. The number of likely N-dealkylation sites (tertiary alicyclic amines) is 1. The normalized spacial score (nSPS) is 16.7. The number of hydrogen-bond acceptors (Lipinski definition) is 6. The maximum atomic E-state index is 11.7. The van der Waals surface area contributed by atoms with Crippen LogP contribution in [0, 0.1) is 6.92 Å². The van der Waals surface area contributed by atoms with Crippen LogP contribution in [0.15, 0.2) is 6.20 Å². The molecule has 21 heavy (non-hydrogen) atoms. The molecule has 0 saturated carbocycles. The van der Waals surface area contributed by atoms with Gasteiger partial charge in [0.25, 0.3) is 0 Å². The molecule has 1 aliphatic heterocycles. The molecule has 1 N–H and O–H groups in total. The second kappa shape index (κ2) is 7.36. The fourth-order valence-corrected chi connectivity index (χ4v) is 2.51. The number of ether oxygens (including phenoxy) is 1. The van der Waals surface area contributed by atoms with Gasteiger partial charge in [-0.15, -0.1) is 0 Å². The molecule has 0 aliphatic carbocycles. The third-order valence-electron chi connectivity index (χ3n) is 3.79. The van der Waals surface area contributed by atoms with Crippen molar-refractivity contribution in [3.8, 4) is 0 Å². The second-order valence-corrected chi connectivity index (χ2v) is 5.39. The average Bonchev–Trinajstić information content (AvgIpc) is 2.99. The summed E-state index contributed by atoms with van der Waals surface area (Å²) in [4.78, 5) is 22.7. The quantitative estimate of drug-likeness (QED) is 0.807. The van der Waals surface area contributed by atoms with Crippen LogP contribution in [-0.4, -0.2) is 53.1 Å². The molecule has 1 aromatic rings. The van der Waals surface area contributed by atoms with E-state index in [-0.39, 0.29) is 5.97 Å². The zero-order valence-electron chi connectivity index (χ0n) is 13.1. The lowest BCUT2D eigenvalue weighted by molar-refractivity contribution is 0.0524.